The van der Waals surface area contributed by atoms with Crippen LogP contribution in [0.4, 0.5) is 0 Å². The van der Waals surface area contributed by atoms with Crippen molar-refractivity contribution in [3.05, 3.63) is 59.7 Å². The molecule has 0 bridgehead atoms. The average molecular weight is 349 g/mol. The number of sulfonamides is 1. The zero-order chi connectivity index (χ0) is 17.4. The predicted octanol–water partition coefficient (Wildman–Crippen LogP) is 2.41. The topological polar surface area (TPSA) is 64.6 Å². The van der Waals surface area contributed by atoms with Gasteiger partial charge in [-0.15, -0.1) is 0 Å². The lowest BCUT2D eigenvalue weighted by Crippen LogP contribution is -2.29. The van der Waals surface area contributed by atoms with Crippen LogP contribution in [0.1, 0.15) is 11.1 Å². The van der Waals surface area contributed by atoms with E-state index in [4.69, 9.17) is 9.47 Å². The molecule has 6 heteroatoms. The highest BCUT2D eigenvalue weighted by Crippen LogP contribution is 2.14. The Balaban J connectivity index is 1.80. The van der Waals surface area contributed by atoms with Gasteiger partial charge in [-0.1, -0.05) is 24.3 Å². The summed E-state index contributed by atoms with van der Waals surface area (Å²) in [5.74, 6) is 1.58. The Labute approximate surface area is 143 Å². The van der Waals surface area contributed by atoms with E-state index in [1.165, 1.54) is 0 Å². The van der Waals surface area contributed by atoms with E-state index in [9.17, 15) is 8.42 Å². The molecule has 5 nitrogen and oxygen atoms in total. The summed E-state index contributed by atoms with van der Waals surface area (Å²) in [4.78, 5) is 0. The molecule has 0 saturated carbocycles. The smallest absolute Gasteiger partial charge is 0.211 e. The number of hydrogen-bond donors (Lipinski definition) is 1. The maximum atomic E-state index is 12.1. The van der Waals surface area contributed by atoms with Crippen molar-refractivity contribution in [2.45, 2.75) is 12.8 Å². The zero-order valence-electron chi connectivity index (χ0n) is 14.0. The molecule has 2 rings (SSSR count). The Morgan fingerprint density at radius 2 is 1.58 bits per heavy atom. The third-order valence-electron chi connectivity index (χ3n) is 3.69. The molecule has 0 heterocycles. The molecule has 0 unspecified atom stereocenters. The monoisotopic (exact) mass is 349 g/mol. The van der Waals surface area contributed by atoms with Crippen molar-refractivity contribution in [3.63, 3.8) is 0 Å². The minimum Gasteiger partial charge on any atom is -0.497 e. The van der Waals surface area contributed by atoms with Crippen molar-refractivity contribution in [1.29, 1.82) is 0 Å². The molecule has 0 aromatic heterocycles. The minimum atomic E-state index is -3.30. The van der Waals surface area contributed by atoms with Gasteiger partial charge in [0.05, 0.1) is 20.0 Å². The molecular formula is C18H23NO4S. The molecule has 0 fully saturated rings. The van der Waals surface area contributed by atoms with Crippen LogP contribution in [0.5, 0.6) is 11.5 Å². The number of ether oxygens (including phenoxy) is 2. The van der Waals surface area contributed by atoms with Gasteiger partial charge in [0.2, 0.25) is 10.0 Å². The van der Waals surface area contributed by atoms with E-state index in [0.717, 1.165) is 22.6 Å². The number of hydrogen-bond acceptors (Lipinski definition) is 4. The van der Waals surface area contributed by atoms with Crippen LogP contribution in [0, 0.1) is 0 Å². The third kappa shape index (κ3) is 5.86. The first-order valence-corrected chi connectivity index (χ1v) is 9.41. The van der Waals surface area contributed by atoms with E-state index < -0.39 is 10.0 Å². The molecule has 24 heavy (non-hydrogen) atoms. The Bertz CT molecular complexity index is 742. The Morgan fingerprint density at radius 1 is 0.875 bits per heavy atom. The van der Waals surface area contributed by atoms with Crippen LogP contribution in [0.15, 0.2) is 48.5 Å². The van der Waals surface area contributed by atoms with Crippen LogP contribution in [0.3, 0.4) is 0 Å². The van der Waals surface area contributed by atoms with Gasteiger partial charge < -0.3 is 9.47 Å². The molecule has 0 amide bonds. The van der Waals surface area contributed by atoms with Gasteiger partial charge in [-0.3, -0.25) is 0 Å². The van der Waals surface area contributed by atoms with Crippen LogP contribution in [-0.2, 0) is 22.9 Å². The molecule has 0 aliphatic heterocycles. The fourth-order valence-corrected chi connectivity index (χ4v) is 3.36. The molecule has 0 saturated heterocycles. The maximum Gasteiger partial charge on any atom is 0.211 e. The van der Waals surface area contributed by atoms with Crippen molar-refractivity contribution >= 4 is 10.0 Å². The molecular weight excluding hydrogens is 326 g/mol. The summed E-state index contributed by atoms with van der Waals surface area (Å²) >= 11 is 0. The van der Waals surface area contributed by atoms with Crippen molar-refractivity contribution < 1.29 is 17.9 Å². The van der Waals surface area contributed by atoms with Gasteiger partial charge in [0.15, 0.2) is 0 Å². The van der Waals surface area contributed by atoms with Gasteiger partial charge in [0.1, 0.15) is 11.5 Å². The van der Waals surface area contributed by atoms with Crippen molar-refractivity contribution in [3.8, 4) is 11.5 Å². The highest BCUT2D eigenvalue weighted by Gasteiger charge is 2.10. The third-order valence-corrected chi connectivity index (χ3v) is 5.07. The summed E-state index contributed by atoms with van der Waals surface area (Å²) in [6.07, 6.45) is 1.09. The number of rotatable bonds is 9. The summed E-state index contributed by atoms with van der Waals surface area (Å²) in [5, 5.41) is 0. The molecule has 1 N–H and O–H groups in total. The first kappa shape index (κ1) is 18.3. The van der Waals surface area contributed by atoms with Crippen LogP contribution < -0.4 is 14.2 Å². The van der Waals surface area contributed by atoms with E-state index in [2.05, 4.69) is 4.72 Å². The van der Waals surface area contributed by atoms with E-state index in [-0.39, 0.29) is 5.75 Å². The lowest BCUT2D eigenvalue weighted by molar-refractivity contribution is 0.414. The molecule has 0 spiro atoms. The highest BCUT2D eigenvalue weighted by atomic mass is 32.2. The van der Waals surface area contributed by atoms with E-state index >= 15 is 0 Å². The average Bonchev–Trinajstić information content (AvgIpc) is 2.61. The van der Waals surface area contributed by atoms with E-state index in [0.29, 0.717) is 19.4 Å². The van der Waals surface area contributed by atoms with Crippen LogP contribution in [-0.4, -0.2) is 34.9 Å². The molecule has 0 aliphatic rings. The van der Waals surface area contributed by atoms with Crippen LogP contribution >= 0.6 is 0 Å². The van der Waals surface area contributed by atoms with Gasteiger partial charge in [-0.25, -0.2) is 13.1 Å². The zero-order valence-corrected chi connectivity index (χ0v) is 14.8. The van der Waals surface area contributed by atoms with Crippen molar-refractivity contribution in [1.82, 2.24) is 4.72 Å². The standard InChI is InChI=1S/C18H23NO4S/c1-22-17-8-6-15(7-9-17)10-12-19-24(20,21)13-11-16-4-3-5-18(14-16)23-2/h3-9,14,19H,10-13H2,1-2H3. The van der Waals surface area contributed by atoms with Crippen LogP contribution in [0.25, 0.3) is 0 Å². The summed E-state index contributed by atoms with van der Waals surface area (Å²) in [6, 6.07) is 15.1. The van der Waals surface area contributed by atoms with Gasteiger partial charge in [-0.2, -0.15) is 0 Å². The molecule has 0 radical (unpaired) electrons. The Hall–Kier alpha value is -2.05. The van der Waals surface area contributed by atoms with E-state index in [1.54, 1.807) is 14.2 Å². The Morgan fingerprint density at radius 3 is 2.25 bits per heavy atom. The molecule has 130 valence electrons. The largest absolute Gasteiger partial charge is 0.497 e. The second-order valence-corrected chi connectivity index (χ2v) is 7.34. The summed E-state index contributed by atoms with van der Waals surface area (Å²) < 4.78 is 37.1. The van der Waals surface area contributed by atoms with Gasteiger partial charge in [-0.05, 0) is 48.2 Å². The first-order chi connectivity index (χ1) is 11.5. The Kier molecular flexibility index (Phi) is 6.63. The quantitative estimate of drug-likeness (QED) is 0.755. The fourth-order valence-electron chi connectivity index (χ4n) is 2.30. The van der Waals surface area contributed by atoms with Gasteiger partial charge in [0, 0.05) is 6.54 Å². The second kappa shape index (κ2) is 8.70. The minimum absolute atomic E-state index is 0.0583. The number of methoxy groups -OCH3 is 2. The normalized spacial score (nSPS) is 11.2. The number of benzene rings is 2. The second-order valence-electron chi connectivity index (χ2n) is 5.41. The lowest BCUT2D eigenvalue weighted by Gasteiger charge is -2.08. The molecule has 2 aromatic rings. The van der Waals surface area contributed by atoms with Crippen molar-refractivity contribution in [2.75, 3.05) is 26.5 Å². The summed E-state index contributed by atoms with van der Waals surface area (Å²) in [6.45, 7) is 0.382. The predicted molar refractivity (Wildman–Crippen MR) is 95.2 cm³/mol. The van der Waals surface area contributed by atoms with Gasteiger partial charge >= 0.3 is 0 Å². The van der Waals surface area contributed by atoms with E-state index in [1.807, 2.05) is 48.5 Å². The maximum absolute atomic E-state index is 12.1. The number of aryl methyl sites for hydroxylation is 1. The lowest BCUT2D eigenvalue weighted by atomic mass is 10.1. The molecule has 0 aliphatic carbocycles. The van der Waals surface area contributed by atoms with Crippen LogP contribution in [0.2, 0.25) is 0 Å². The number of nitrogens with one attached hydrogen (secondary N) is 1. The van der Waals surface area contributed by atoms with Crippen molar-refractivity contribution in [2.24, 2.45) is 0 Å². The SMILES string of the molecule is COc1ccc(CCNS(=O)(=O)CCc2cccc(OC)c2)cc1. The molecule has 0 atom stereocenters. The summed E-state index contributed by atoms with van der Waals surface area (Å²) in [7, 11) is -0.0875. The summed E-state index contributed by atoms with van der Waals surface area (Å²) in [5.41, 5.74) is 2.00. The fraction of sp³-hybridized carbons (Fsp3) is 0.333. The van der Waals surface area contributed by atoms with Gasteiger partial charge in [0.25, 0.3) is 0 Å². The first-order valence-electron chi connectivity index (χ1n) is 7.75. The molecule has 2 aromatic carbocycles. The highest BCUT2D eigenvalue weighted by molar-refractivity contribution is 7.89.